The molecule has 62 valence electrons. The molecule has 0 aliphatic heterocycles. The summed E-state index contributed by atoms with van der Waals surface area (Å²) in [4.78, 5) is 0. The topological polar surface area (TPSA) is 20.2 Å². The van der Waals surface area contributed by atoms with Crippen molar-refractivity contribution in [3.8, 4) is 12.3 Å². The molecule has 0 radical (unpaired) electrons. The van der Waals surface area contributed by atoms with E-state index < -0.39 is 6.10 Å². The van der Waals surface area contributed by atoms with Crippen molar-refractivity contribution in [2.45, 2.75) is 13.0 Å². The van der Waals surface area contributed by atoms with Crippen molar-refractivity contribution in [2.24, 2.45) is 0 Å². The molecule has 2 heteroatoms. The summed E-state index contributed by atoms with van der Waals surface area (Å²) in [6, 6.07) is 5.71. The highest BCUT2D eigenvalue weighted by Crippen LogP contribution is 2.23. The Morgan fingerprint density at radius 3 is 2.83 bits per heavy atom. The predicted octanol–water partition coefficient (Wildman–Crippen LogP) is 2.42. The quantitative estimate of drug-likeness (QED) is 0.727. The predicted molar refractivity (Wildman–Crippen MR) is 52.7 cm³/mol. The summed E-state index contributed by atoms with van der Waals surface area (Å²) < 4.78 is 0.846. The lowest BCUT2D eigenvalue weighted by atomic mass is 10.1. The molecule has 0 fully saturated rings. The van der Waals surface area contributed by atoms with E-state index in [0.29, 0.717) is 0 Å². The smallest absolute Gasteiger partial charge is 0.141 e. The van der Waals surface area contributed by atoms with Gasteiger partial charge in [-0.2, -0.15) is 0 Å². The summed E-state index contributed by atoms with van der Waals surface area (Å²) in [7, 11) is 0. The van der Waals surface area contributed by atoms with Crippen molar-refractivity contribution >= 4 is 15.9 Å². The molecule has 0 aromatic heterocycles. The number of rotatable bonds is 1. The van der Waals surface area contributed by atoms with E-state index in [1.54, 1.807) is 0 Å². The number of terminal acetylenes is 1. The van der Waals surface area contributed by atoms with Crippen LogP contribution in [0.3, 0.4) is 0 Å². The van der Waals surface area contributed by atoms with Crippen LogP contribution in [0.2, 0.25) is 0 Å². The Hall–Kier alpha value is -0.780. The Kier molecular flexibility index (Phi) is 2.91. The van der Waals surface area contributed by atoms with Gasteiger partial charge in [-0.25, -0.2) is 0 Å². The van der Waals surface area contributed by atoms with Gasteiger partial charge in [-0.1, -0.05) is 39.5 Å². The third kappa shape index (κ3) is 1.88. The van der Waals surface area contributed by atoms with Crippen molar-refractivity contribution < 1.29 is 5.11 Å². The molecule has 1 unspecified atom stereocenters. The zero-order chi connectivity index (χ0) is 9.14. The molecule has 0 amide bonds. The number of hydrogen-bond donors (Lipinski definition) is 1. The van der Waals surface area contributed by atoms with Crippen LogP contribution in [-0.4, -0.2) is 5.11 Å². The third-order valence-electron chi connectivity index (χ3n) is 1.60. The summed E-state index contributed by atoms with van der Waals surface area (Å²) in [5.41, 5.74) is 1.83. The van der Waals surface area contributed by atoms with E-state index in [9.17, 15) is 5.11 Å². The molecule has 12 heavy (non-hydrogen) atoms. The van der Waals surface area contributed by atoms with Gasteiger partial charge < -0.3 is 5.11 Å². The summed E-state index contributed by atoms with van der Waals surface area (Å²) in [6.45, 7) is 1.96. The van der Waals surface area contributed by atoms with Crippen molar-refractivity contribution in [3.05, 3.63) is 33.8 Å². The first-order chi connectivity index (χ1) is 5.65. The lowest BCUT2D eigenvalue weighted by Crippen LogP contribution is -1.94. The maximum atomic E-state index is 9.37. The molecule has 1 atom stereocenters. The van der Waals surface area contributed by atoms with Crippen LogP contribution >= 0.6 is 15.9 Å². The molecule has 0 bridgehead atoms. The minimum atomic E-state index is -0.820. The van der Waals surface area contributed by atoms with E-state index in [4.69, 9.17) is 6.42 Å². The lowest BCUT2D eigenvalue weighted by Gasteiger charge is -2.07. The fraction of sp³-hybridized carbons (Fsp3) is 0.200. The maximum absolute atomic E-state index is 9.37. The van der Waals surface area contributed by atoms with E-state index in [0.717, 1.165) is 15.6 Å². The van der Waals surface area contributed by atoms with Crippen LogP contribution in [0.15, 0.2) is 22.7 Å². The number of aliphatic hydroxyl groups is 1. The minimum Gasteiger partial charge on any atom is -0.376 e. The molecule has 1 N–H and O–H groups in total. The molecule has 0 saturated carbocycles. The Bertz CT molecular complexity index is 325. The summed E-state index contributed by atoms with van der Waals surface area (Å²) in [5.74, 6) is 2.27. The number of aryl methyl sites for hydroxylation is 1. The maximum Gasteiger partial charge on any atom is 0.141 e. The van der Waals surface area contributed by atoms with Crippen LogP contribution < -0.4 is 0 Å². The van der Waals surface area contributed by atoms with Crippen LogP contribution in [0.4, 0.5) is 0 Å². The fourth-order valence-electron chi connectivity index (χ4n) is 0.962. The van der Waals surface area contributed by atoms with Crippen LogP contribution in [0, 0.1) is 19.3 Å². The zero-order valence-electron chi connectivity index (χ0n) is 6.71. The third-order valence-corrected chi connectivity index (χ3v) is 2.33. The van der Waals surface area contributed by atoms with Gasteiger partial charge in [0.25, 0.3) is 0 Å². The first-order valence-corrected chi connectivity index (χ1v) is 4.34. The minimum absolute atomic E-state index is 0.748. The molecule has 0 heterocycles. The first-order valence-electron chi connectivity index (χ1n) is 3.55. The van der Waals surface area contributed by atoms with Gasteiger partial charge in [0.2, 0.25) is 0 Å². The van der Waals surface area contributed by atoms with Gasteiger partial charge in [0.15, 0.2) is 0 Å². The molecule has 1 aromatic carbocycles. The monoisotopic (exact) mass is 224 g/mol. The number of benzene rings is 1. The van der Waals surface area contributed by atoms with Crippen LogP contribution in [0.25, 0.3) is 0 Å². The summed E-state index contributed by atoms with van der Waals surface area (Å²) in [6.07, 6.45) is 4.28. The average molecular weight is 225 g/mol. The Morgan fingerprint density at radius 2 is 2.25 bits per heavy atom. The SMILES string of the molecule is C#CC(O)c1cc(C)ccc1Br. The highest BCUT2D eigenvalue weighted by atomic mass is 79.9. The van der Waals surface area contributed by atoms with Crippen molar-refractivity contribution in [1.82, 2.24) is 0 Å². The van der Waals surface area contributed by atoms with E-state index >= 15 is 0 Å². The van der Waals surface area contributed by atoms with Crippen LogP contribution in [-0.2, 0) is 0 Å². The molecule has 0 saturated heterocycles. The number of aliphatic hydroxyl groups excluding tert-OH is 1. The summed E-state index contributed by atoms with van der Waals surface area (Å²) in [5, 5.41) is 9.37. The standard InChI is InChI=1S/C10H9BrO/c1-3-10(12)8-6-7(2)4-5-9(8)11/h1,4-6,10,12H,2H3. The molecule has 0 spiro atoms. The number of halogens is 1. The van der Waals surface area contributed by atoms with Gasteiger partial charge in [-0.15, -0.1) is 6.42 Å². The second-order valence-electron chi connectivity index (χ2n) is 2.59. The molecular formula is C10H9BrO. The normalized spacial score (nSPS) is 12.2. The Balaban J connectivity index is 3.15. The van der Waals surface area contributed by atoms with Crippen molar-refractivity contribution in [2.75, 3.05) is 0 Å². The lowest BCUT2D eigenvalue weighted by molar-refractivity contribution is 0.237. The molecule has 1 rings (SSSR count). The first kappa shape index (κ1) is 9.31. The second kappa shape index (κ2) is 3.75. The Morgan fingerprint density at radius 1 is 1.58 bits per heavy atom. The van der Waals surface area contributed by atoms with Gasteiger partial charge in [-0.3, -0.25) is 0 Å². The highest BCUT2D eigenvalue weighted by molar-refractivity contribution is 9.10. The van der Waals surface area contributed by atoms with Gasteiger partial charge in [0.05, 0.1) is 0 Å². The van der Waals surface area contributed by atoms with Gasteiger partial charge >= 0.3 is 0 Å². The van der Waals surface area contributed by atoms with Crippen LogP contribution in [0.1, 0.15) is 17.2 Å². The molecule has 0 aliphatic carbocycles. The fourth-order valence-corrected chi connectivity index (χ4v) is 1.43. The van der Waals surface area contributed by atoms with E-state index in [2.05, 4.69) is 21.9 Å². The molecule has 0 aliphatic rings. The number of hydrogen-bond acceptors (Lipinski definition) is 1. The Labute approximate surface area is 80.6 Å². The van der Waals surface area contributed by atoms with E-state index in [1.165, 1.54) is 0 Å². The summed E-state index contributed by atoms with van der Waals surface area (Å²) >= 11 is 3.32. The largest absolute Gasteiger partial charge is 0.376 e. The molecular weight excluding hydrogens is 216 g/mol. The zero-order valence-corrected chi connectivity index (χ0v) is 8.30. The van der Waals surface area contributed by atoms with Crippen molar-refractivity contribution in [1.29, 1.82) is 0 Å². The second-order valence-corrected chi connectivity index (χ2v) is 3.45. The van der Waals surface area contributed by atoms with Crippen molar-refractivity contribution in [3.63, 3.8) is 0 Å². The molecule has 1 nitrogen and oxygen atoms in total. The van der Waals surface area contributed by atoms with E-state index in [1.807, 2.05) is 25.1 Å². The van der Waals surface area contributed by atoms with Crippen LogP contribution in [0.5, 0.6) is 0 Å². The van der Waals surface area contributed by atoms with E-state index in [-0.39, 0.29) is 0 Å². The van der Waals surface area contributed by atoms with Gasteiger partial charge in [0.1, 0.15) is 6.10 Å². The van der Waals surface area contributed by atoms with Gasteiger partial charge in [-0.05, 0) is 13.0 Å². The van der Waals surface area contributed by atoms with Gasteiger partial charge in [0, 0.05) is 10.0 Å². The molecule has 1 aromatic rings. The highest BCUT2D eigenvalue weighted by Gasteiger charge is 2.07. The average Bonchev–Trinajstić information content (AvgIpc) is 2.08.